The number of hydrogen-bond acceptors (Lipinski definition) is 0. The van der Waals surface area contributed by atoms with Crippen molar-refractivity contribution in [2.24, 2.45) is 0 Å². The summed E-state index contributed by atoms with van der Waals surface area (Å²) in [6.07, 6.45) is 0. The molecule has 0 fully saturated rings. The van der Waals surface area contributed by atoms with Gasteiger partial charge in [-0.1, -0.05) is 6.92 Å². The summed E-state index contributed by atoms with van der Waals surface area (Å²) in [5, 5.41) is 0. The van der Waals surface area contributed by atoms with Crippen LogP contribution >= 0.6 is 0 Å². The van der Waals surface area contributed by atoms with E-state index in [1.54, 1.807) is 0 Å². The summed E-state index contributed by atoms with van der Waals surface area (Å²) in [4.78, 5) is 0. The van der Waals surface area contributed by atoms with Gasteiger partial charge in [-0.05, 0) is 12.6 Å². The van der Waals surface area contributed by atoms with Crippen LogP contribution in [0.1, 0.15) is 6.92 Å². The molecule has 0 heterocycles. The summed E-state index contributed by atoms with van der Waals surface area (Å²) in [7, 11) is -3.63. The van der Waals surface area contributed by atoms with Gasteiger partial charge in [-0.3, -0.25) is 8.22 Å². The minimum absolute atomic E-state index is 0.0764. The van der Waals surface area contributed by atoms with E-state index in [4.69, 9.17) is 0 Å². The first-order valence-electron chi connectivity index (χ1n) is 1.94. The zero-order chi connectivity index (χ0) is 5.21. The second-order valence-electron chi connectivity index (χ2n) is 1.42. The van der Waals surface area contributed by atoms with Gasteiger partial charge in [0.25, 0.3) is 0 Å². The Bertz CT molecular complexity index is 38.5. The minimum Gasteiger partial charge on any atom is -0.271 e. The Morgan fingerprint density at radius 1 is 1.50 bits per heavy atom. The van der Waals surface area contributed by atoms with Crippen molar-refractivity contribution in [3.63, 3.8) is 0 Å². The Morgan fingerprint density at radius 3 is 1.67 bits per heavy atom. The summed E-state index contributed by atoms with van der Waals surface area (Å²) in [5.74, 6) is 0. The van der Waals surface area contributed by atoms with Crippen LogP contribution in [-0.4, -0.2) is 8.74 Å². The van der Waals surface area contributed by atoms with E-state index in [0.717, 1.165) is 6.55 Å². The van der Waals surface area contributed by atoms with E-state index in [-0.39, 0.29) is 6.04 Å². The molecule has 38 valence electrons. The molecular formula is C3H8F2Si. The second kappa shape index (κ2) is 1.68. The molecule has 0 aromatic heterocycles. The van der Waals surface area contributed by atoms with E-state index in [0.29, 0.717) is 0 Å². The smallest absolute Gasteiger partial charge is 0.271 e. The van der Waals surface area contributed by atoms with Gasteiger partial charge < -0.3 is 0 Å². The van der Waals surface area contributed by atoms with E-state index in [1.165, 1.54) is 6.92 Å². The summed E-state index contributed by atoms with van der Waals surface area (Å²) in [6, 6.07) is 0.0764. The highest BCUT2D eigenvalue weighted by atomic mass is 28.4. The fraction of sp³-hybridized carbons (Fsp3) is 1.00. The number of halogens is 2. The first-order chi connectivity index (χ1) is 2.56. The molecule has 0 unspecified atom stereocenters. The Labute approximate surface area is 37.5 Å². The molecule has 0 aliphatic rings. The molecule has 6 heavy (non-hydrogen) atoms. The molecule has 0 rings (SSSR count). The lowest BCUT2D eigenvalue weighted by atomic mass is 11.0. The average molecular weight is 110 g/mol. The maximum absolute atomic E-state index is 11.6. The van der Waals surface area contributed by atoms with Gasteiger partial charge in [0.2, 0.25) is 0 Å². The predicted molar refractivity (Wildman–Crippen MR) is 24.3 cm³/mol. The molecule has 0 radical (unpaired) electrons. The third kappa shape index (κ3) is 4.08. The summed E-state index contributed by atoms with van der Waals surface area (Å²) >= 11 is 0. The lowest BCUT2D eigenvalue weighted by Crippen LogP contribution is -2.12. The molecule has 0 spiro atoms. The average Bonchev–Trinajstić information content (AvgIpc) is 1.35. The van der Waals surface area contributed by atoms with Crippen molar-refractivity contribution in [3.05, 3.63) is 0 Å². The Hall–Kier alpha value is 0.0769. The van der Waals surface area contributed by atoms with Crippen LogP contribution in [0, 0.1) is 0 Å². The molecule has 0 amide bonds. The quantitative estimate of drug-likeness (QED) is 0.358. The van der Waals surface area contributed by atoms with Gasteiger partial charge in [0, 0.05) is 0 Å². The fourth-order valence-corrected chi connectivity index (χ4v) is 0. The van der Waals surface area contributed by atoms with Crippen molar-refractivity contribution in [2.45, 2.75) is 19.5 Å². The maximum atomic E-state index is 11.6. The van der Waals surface area contributed by atoms with Crippen molar-refractivity contribution in [3.8, 4) is 0 Å². The van der Waals surface area contributed by atoms with E-state index in [9.17, 15) is 8.22 Å². The molecular weight excluding hydrogens is 102 g/mol. The molecule has 0 saturated carbocycles. The van der Waals surface area contributed by atoms with Crippen LogP contribution in [0.2, 0.25) is 12.6 Å². The number of hydrogen-bond donors (Lipinski definition) is 0. The van der Waals surface area contributed by atoms with Crippen molar-refractivity contribution >= 4 is 8.74 Å². The highest BCUT2D eigenvalue weighted by Crippen LogP contribution is 2.09. The molecule has 3 heteroatoms. The van der Waals surface area contributed by atoms with Crippen LogP contribution in [-0.2, 0) is 0 Å². The van der Waals surface area contributed by atoms with Crippen LogP contribution in [0.25, 0.3) is 0 Å². The first-order valence-corrected chi connectivity index (χ1v) is 4.40. The van der Waals surface area contributed by atoms with Crippen molar-refractivity contribution in [1.29, 1.82) is 0 Å². The van der Waals surface area contributed by atoms with E-state index >= 15 is 0 Å². The minimum atomic E-state index is -3.63. The van der Waals surface area contributed by atoms with Gasteiger partial charge in [-0.15, -0.1) is 0 Å². The van der Waals surface area contributed by atoms with Gasteiger partial charge in [0.15, 0.2) is 0 Å². The zero-order valence-electron chi connectivity index (χ0n) is 3.96. The number of rotatable bonds is 1. The Balaban J connectivity index is 3.17. The highest BCUT2D eigenvalue weighted by molar-refractivity contribution is 6.64. The SMILES string of the molecule is CC[Si](C)(F)F. The maximum Gasteiger partial charge on any atom is 0.421 e. The van der Waals surface area contributed by atoms with Gasteiger partial charge in [-0.25, -0.2) is 0 Å². The van der Waals surface area contributed by atoms with Gasteiger partial charge >= 0.3 is 8.74 Å². The summed E-state index contributed by atoms with van der Waals surface area (Å²) in [6.45, 7) is 2.57. The van der Waals surface area contributed by atoms with E-state index in [2.05, 4.69) is 0 Å². The van der Waals surface area contributed by atoms with Gasteiger partial charge in [0.05, 0.1) is 0 Å². The molecule has 0 aromatic carbocycles. The Morgan fingerprint density at radius 2 is 1.67 bits per heavy atom. The van der Waals surface area contributed by atoms with Crippen molar-refractivity contribution in [1.82, 2.24) is 0 Å². The zero-order valence-corrected chi connectivity index (χ0v) is 4.96. The lowest BCUT2D eigenvalue weighted by Gasteiger charge is -1.96. The Kier molecular flexibility index (Phi) is 1.71. The summed E-state index contributed by atoms with van der Waals surface area (Å²) in [5.41, 5.74) is 0. The first kappa shape index (κ1) is 6.08. The van der Waals surface area contributed by atoms with Crippen LogP contribution in [0.4, 0.5) is 8.22 Å². The monoisotopic (exact) mass is 110 g/mol. The predicted octanol–water partition coefficient (Wildman–Crippen LogP) is 2.02. The second-order valence-corrected chi connectivity index (χ2v) is 4.27. The standard InChI is InChI=1S/C3H8F2Si/c1-3-6(2,4)5/h3H2,1-2H3. The summed E-state index contributed by atoms with van der Waals surface area (Å²) < 4.78 is 23.2. The topological polar surface area (TPSA) is 0 Å². The van der Waals surface area contributed by atoms with Crippen molar-refractivity contribution in [2.75, 3.05) is 0 Å². The van der Waals surface area contributed by atoms with Crippen LogP contribution < -0.4 is 0 Å². The fourth-order valence-electron chi connectivity index (χ4n) is 0. The van der Waals surface area contributed by atoms with Crippen molar-refractivity contribution < 1.29 is 8.22 Å². The van der Waals surface area contributed by atoms with Gasteiger partial charge in [0.1, 0.15) is 0 Å². The molecule has 0 aromatic rings. The molecule has 0 atom stereocenters. The van der Waals surface area contributed by atoms with Crippen LogP contribution in [0.5, 0.6) is 0 Å². The molecule has 0 bridgehead atoms. The lowest BCUT2D eigenvalue weighted by molar-refractivity contribution is 0.612. The molecule has 0 aliphatic heterocycles. The third-order valence-electron chi connectivity index (χ3n) is 0.621. The molecule has 0 saturated heterocycles. The molecule has 0 aliphatic carbocycles. The molecule has 0 nitrogen and oxygen atoms in total. The van der Waals surface area contributed by atoms with Crippen LogP contribution in [0.15, 0.2) is 0 Å². The van der Waals surface area contributed by atoms with Gasteiger partial charge in [-0.2, -0.15) is 0 Å². The highest BCUT2D eigenvalue weighted by Gasteiger charge is 2.23. The largest absolute Gasteiger partial charge is 0.421 e. The third-order valence-corrected chi connectivity index (χ3v) is 1.86. The normalized spacial score (nSPS) is 12.0. The van der Waals surface area contributed by atoms with E-state index < -0.39 is 8.74 Å². The van der Waals surface area contributed by atoms with E-state index in [1.807, 2.05) is 0 Å². The van der Waals surface area contributed by atoms with Crippen LogP contribution in [0.3, 0.4) is 0 Å². The molecule has 0 N–H and O–H groups in total.